The molecule has 32 heavy (non-hydrogen) atoms. The van der Waals surface area contributed by atoms with Gasteiger partial charge in [0, 0.05) is 12.1 Å². The zero-order valence-electron chi connectivity index (χ0n) is 16.6. The molecule has 0 aliphatic heterocycles. The average Bonchev–Trinajstić information content (AvgIpc) is 3.31. The maximum absolute atomic E-state index is 12.4. The summed E-state index contributed by atoms with van der Waals surface area (Å²) in [5, 5.41) is 20.1. The third-order valence-corrected chi connectivity index (χ3v) is 5.06. The first-order valence-corrected chi connectivity index (χ1v) is 10.3. The molecule has 4 rings (SSSR count). The highest BCUT2D eigenvalue weighted by Crippen LogP contribution is 2.36. The number of phenols is 1. The average molecular weight is 470 g/mol. The minimum absolute atomic E-state index is 0.0334. The number of aromatic nitrogens is 2. The topological polar surface area (TPSA) is 97.5 Å². The predicted octanol–water partition coefficient (Wildman–Crippen LogP) is 5.26. The molecule has 0 bridgehead atoms. The van der Waals surface area contributed by atoms with Crippen molar-refractivity contribution in [3.63, 3.8) is 0 Å². The molecule has 0 radical (unpaired) electrons. The van der Waals surface area contributed by atoms with Crippen LogP contribution in [-0.4, -0.2) is 21.2 Å². The Morgan fingerprint density at radius 3 is 2.44 bits per heavy atom. The van der Waals surface area contributed by atoms with Gasteiger partial charge in [-0.05, 0) is 35.4 Å². The van der Waals surface area contributed by atoms with Gasteiger partial charge >= 0.3 is 11.8 Å². The number of ether oxygens (including phenoxy) is 1. The Labute approximate surface area is 193 Å². The summed E-state index contributed by atoms with van der Waals surface area (Å²) in [7, 11) is 0. The minimum atomic E-state index is -0.532. The van der Waals surface area contributed by atoms with Gasteiger partial charge in [0.25, 0.3) is 0 Å². The largest absolute Gasteiger partial charge is 0.505 e. The number of benzene rings is 3. The summed E-state index contributed by atoms with van der Waals surface area (Å²) < 4.78 is 11.2. The standard InChI is InChI=1S/C23H17Cl2N3O4/c24-18-10-16(11-19(25)20(18)29)22-27-28-23(32-22)21(30)26-12-15-7-4-8-17(9-15)31-13-14-5-2-1-3-6-14/h1-11,29H,12-13H2,(H,26,30). The van der Waals surface area contributed by atoms with E-state index in [9.17, 15) is 9.90 Å². The lowest BCUT2D eigenvalue weighted by molar-refractivity contribution is 0.0916. The van der Waals surface area contributed by atoms with Crippen LogP contribution in [0, 0.1) is 0 Å². The fraction of sp³-hybridized carbons (Fsp3) is 0.0870. The molecule has 4 aromatic rings. The summed E-state index contributed by atoms with van der Waals surface area (Å²) in [5.74, 6) is -0.242. The summed E-state index contributed by atoms with van der Waals surface area (Å²) in [6.45, 7) is 0.697. The zero-order chi connectivity index (χ0) is 22.5. The number of halogens is 2. The third kappa shape index (κ3) is 5.19. The molecule has 0 atom stereocenters. The quantitative estimate of drug-likeness (QED) is 0.383. The minimum Gasteiger partial charge on any atom is -0.505 e. The second-order valence-corrected chi connectivity index (χ2v) is 7.62. The molecule has 1 aromatic heterocycles. The fourth-order valence-electron chi connectivity index (χ4n) is 2.86. The van der Waals surface area contributed by atoms with Gasteiger partial charge in [0.2, 0.25) is 5.89 Å². The molecule has 1 heterocycles. The van der Waals surface area contributed by atoms with Crippen LogP contribution >= 0.6 is 23.2 Å². The Hall–Kier alpha value is -3.55. The van der Waals surface area contributed by atoms with Crippen LogP contribution in [-0.2, 0) is 13.2 Å². The molecule has 0 unspecified atom stereocenters. The number of hydrogen-bond acceptors (Lipinski definition) is 6. The van der Waals surface area contributed by atoms with Gasteiger partial charge in [-0.15, -0.1) is 10.2 Å². The van der Waals surface area contributed by atoms with Crippen LogP contribution in [0.25, 0.3) is 11.5 Å². The summed E-state index contributed by atoms with van der Waals surface area (Å²) in [5.41, 5.74) is 2.29. The molecule has 1 amide bonds. The molecule has 0 aliphatic carbocycles. The first kappa shape index (κ1) is 21.7. The highest BCUT2D eigenvalue weighted by Gasteiger charge is 2.17. The number of phenolic OH excluding ortho intramolecular Hbond substituents is 1. The van der Waals surface area contributed by atoms with Crippen LogP contribution in [0.2, 0.25) is 10.0 Å². The molecular formula is C23H17Cl2N3O4. The van der Waals surface area contributed by atoms with E-state index in [1.54, 1.807) is 0 Å². The number of aromatic hydroxyl groups is 1. The van der Waals surface area contributed by atoms with Crippen molar-refractivity contribution in [2.75, 3.05) is 0 Å². The number of nitrogens with one attached hydrogen (secondary N) is 1. The lowest BCUT2D eigenvalue weighted by atomic mass is 10.2. The lowest BCUT2D eigenvalue weighted by Crippen LogP contribution is -2.23. The Kier molecular flexibility index (Phi) is 6.58. The molecule has 7 nitrogen and oxygen atoms in total. The number of nitrogens with zero attached hydrogens (tertiary/aromatic N) is 2. The normalized spacial score (nSPS) is 10.7. The molecular weight excluding hydrogens is 453 g/mol. The predicted molar refractivity (Wildman–Crippen MR) is 120 cm³/mol. The highest BCUT2D eigenvalue weighted by atomic mass is 35.5. The van der Waals surface area contributed by atoms with E-state index in [1.807, 2.05) is 54.6 Å². The van der Waals surface area contributed by atoms with Gasteiger partial charge in [-0.1, -0.05) is 65.7 Å². The number of rotatable bonds is 7. The molecule has 0 saturated carbocycles. The first-order valence-electron chi connectivity index (χ1n) is 9.55. The van der Waals surface area contributed by atoms with Crippen LogP contribution in [0.15, 0.2) is 71.1 Å². The number of carbonyl (C=O) groups is 1. The van der Waals surface area contributed by atoms with Crippen molar-refractivity contribution < 1.29 is 19.1 Å². The third-order valence-electron chi connectivity index (χ3n) is 4.48. The van der Waals surface area contributed by atoms with Crippen LogP contribution < -0.4 is 10.1 Å². The van der Waals surface area contributed by atoms with E-state index in [4.69, 9.17) is 32.4 Å². The van der Waals surface area contributed by atoms with Crippen molar-refractivity contribution in [2.45, 2.75) is 13.2 Å². The van der Waals surface area contributed by atoms with E-state index in [2.05, 4.69) is 15.5 Å². The van der Waals surface area contributed by atoms with Gasteiger partial charge in [-0.25, -0.2) is 0 Å². The maximum atomic E-state index is 12.4. The summed E-state index contributed by atoms with van der Waals surface area (Å²) in [6, 6.07) is 20.1. The van der Waals surface area contributed by atoms with E-state index >= 15 is 0 Å². The SMILES string of the molecule is O=C(NCc1cccc(OCc2ccccc2)c1)c1nnc(-c2cc(Cl)c(O)c(Cl)c2)o1. The van der Waals surface area contributed by atoms with E-state index in [0.29, 0.717) is 17.9 Å². The van der Waals surface area contributed by atoms with Gasteiger partial charge in [0.05, 0.1) is 10.0 Å². The van der Waals surface area contributed by atoms with Gasteiger partial charge in [-0.3, -0.25) is 4.79 Å². The number of carbonyl (C=O) groups excluding carboxylic acids is 1. The van der Waals surface area contributed by atoms with Gasteiger partial charge < -0.3 is 19.6 Å². The molecule has 0 spiro atoms. The fourth-order valence-corrected chi connectivity index (χ4v) is 3.35. The smallest absolute Gasteiger partial charge is 0.309 e. The van der Waals surface area contributed by atoms with Crippen molar-refractivity contribution in [3.8, 4) is 23.0 Å². The zero-order valence-corrected chi connectivity index (χ0v) is 18.1. The van der Waals surface area contributed by atoms with Gasteiger partial charge in [-0.2, -0.15) is 0 Å². The Bertz CT molecular complexity index is 1220. The van der Waals surface area contributed by atoms with Gasteiger partial charge in [0.15, 0.2) is 5.75 Å². The highest BCUT2D eigenvalue weighted by molar-refractivity contribution is 6.37. The van der Waals surface area contributed by atoms with E-state index in [-0.39, 0.29) is 34.1 Å². The van der Waals surface area contributed by atoms with Gasteiger partial charge in [0.1, 0.15) is 12.4 Å². The lowest BCUT2D eigenvalue weighted by Gasteiger charge is -2.08. The Morgan fingerprint density at radius 2 is 1.69 bits per heavy atom. The second-order valence-electron chi connectivity index (χ2n) is 6.81. The van der Waals surface area contributed by atoms with Crippen molar-refractivity contribution in [2.24, 2.45) is 0 Å². The molecule has 0 fully saturated rings. The number of amides is 1. The molecule has 9 heteroatoms. The van der Waals surface area contributed by atoms with E-state index in [1.165, 1.54) is 12.1 Å². The number of hydrogen-bond donors (Lipinski definition) is 2. The van der Waals surface area contributed by atoms with Crippen LogP contribution in [0.4, 0.5) is 0 Å². The maximum Gasteiger partial charge on any atom is 0.309 e. The summed E-state index contributed by atoms with van der Waals surface area (Å²) in [4.78, 5) is 12.4. The van der Waals surface area contributed by atoms with Crippen LogP contribution in [0.5, 0.6) is 11.5 Å². The molecule has 0 aliphatic rings. The van der Waals surface area contributed by atoms with Crippen LogP contribution in [0.1, 0.15) is 21.8 Å². The Balaban J connectivity index is 1.37. The molecule has 3 aromatic carbocycles. The molecule has 162 valence electrons. The van der Waals surface area contributed by atoms with E-state index < -0.39 is 5.91 Å². The first-order chi connectivity index (χ1) is 15.5. The summed E-state index contributed by atoms with van der Waals surface area (Å²) >= 11 is 11.8. The summed E-state index contributed by atoms with van der Waals surface area (Å²) in [6.07, 6.45) is 0. The Morgan fingerprint density at radius 1 is 0.969 bits per heavy atom. The van der Waals surface area contributed by atoms with Crippen molar-refractivity contribution in [1.82, 2.24) is 15.5 Å². The van der Waals surface area contributed by atoms with Crippen molar-refractivity contribution >= 4 is 29.1 Å². The van der Waals surface area contributed by atoms with Crippen molar-refractivity contribution in [1.29, 1.82) is 0 Å². The van der Waals surface area contributed by atoms with Crippen LogP contribution in [0.3, 0.4) is 0 Å². The molecule has 0 saturated heterocycles. The molecule has 2 N–H and O–H groups in total. The second kappa shape index (κ2) is 9.72. The van der Waals surface area contributed by atoms with E-state index in [0.717, 1.165) is 11.1 Å². The monoisotopic (exact) mass is 469 g/mol. The van der Waals surface area contributed by atoms with Crippen molar-refractivity contribution in [3.05, 3.63) is 93.8 Å².